The highest BCUT2D eigenvalue weighted by Gasteiger charge is 2.21. The Morgan fingerprint density at radius 1 is 1.16 bits per heavy atom. The monoisotopic (exact) mass is 341 g/mol. The van der Waals surface area contributed by atoms with E-state index in [0.717, 1.165) is 23.1 Å². The van der Waals surface area contributed by atoms with Crippen LogP contribution >= 0.6 is 0 Å². The predicted octanol–water partition coefficient (Wildman–Crippen LogP) is 2.43. The van der Waals surface area contributed by atoms with Gasteiger partial charge in [0.15, 0.2) is 0 Å². The second kappa shape index (κ2) is 7.21. The zero-order chi connectivity index (χ0) is 17.1. The number of ether oxygens (including phenoxy) is 1. The first-order valence-electron chi connectivity index (χ1n) is 9.07. The van der Waals surface area contributed by atoms with Gasteiger partial charge in [-0.1, -0.05) is 19.3 Å². The van der Waals surface area contributed by atoms with Gasteiger partial charge < -0.3 is 15.4 Å². The smallest absolute Gasteiger partial charge is 0.220 e. The molecule has 1 atom stereocenters. The molecule has 2 aliphatic rings. The van der Waals surface area contributed by atoms with E-state index in [-0.39, 0.29) is 11.9 Å². The van der Waals surface area contributed by atoms with Crippen LogP contribution in [-0.2, 0) is 4.79 Å². The Morgan fingerprint density at radius 2 is 2.04 bits per heavy atom. The van der Waals surface area contributed by atoms with Crippen molar-refractivity contribution in [1.82, 2.24) is 20.3 Å². The molecule has 0 radical (unpaired) electrons. The van der Waals surface area contributed by atoms with Crippen LogP contribution < -0.4 is 15.4 Å². The SMILES string of the molecule is O=C1CCC(COc2cc3c(NC4CCCCC4)ncnc3cn2)N1. The van der Waals surface area contributed by atoms with Crippen LogP contribution in [0.1, 0.15) is 44.9 Å². The van der Waals surface area contributed by atoms with E-state index in [1.807, 2.05) is 6.07 Å². The Balaban J connectivity index is 1.49. The zero-order valence-electron chi connectivity index (χ0n) is 14.2. The van der Waals surface area contributed by atoms with Crippen LogP contribution in [0.25, 0.3) is 10.9 Å². The van der Waals surface area contributed by atoms with E-state index in [2.05, 4.69) is 25.6 Å². The Hall–Kier alpha value is -2.44. The van der Waals surface area contributed by atoms with Crippen LogP contribution in [0.4, 0.5) is 5.82 Å². The highest BCUT2D eigenvalue weighted by atomic mass is 16.5. The number of amides is 1. The molecular formula is C18H23N5O2. The average Bonchev–Trinajstić information content (AvgIpc) is 3.06. The summed E-state index contributed by atoms with van der Waals surface area (Å²) >= 11 is 0. The third-order valence-corrected chi connectivity index (χ3v) is 4.96. The van der Waals surface area contributed by atoms with E-state index in [9.17, 15) is 4.79 Å². The first-order valence-corrected chi connectivity index (χ1v) is 9.07. The summed E-state index contributed by atoms with van der Waals surface area (Å²) in [4.78, 5) is 24.3. The number of fused-ring (bicyclic) bond motifs is 1. The molecular weight excluding hydrogens is 318 g/mol. The number of pyridine rings is 1. The normalized spacial score (nSPS) is 21.3. The number of nitrogens with one attached hydrogen (secondary N) is 2. The van der Waals surface area contributed by atoms with Crippen LogP contribution in [0.5, 0.6) is 5.88 Å². The minimum atomic E-state index is 0.0665. The molecule has 3 heterocycles. The van der Waals surface area contributed by atoms with E-state index >= 15 is 0 Å². The van der Waals surface area contributed by atoms with Gasteiger partial charge in [0.05, 0.1) is 17.8 Å². The van der Waals surface area contributed by atoms with Crippen LogP contribution in [0.3, 0.4) is 0 Å². The van der Waals surface area contributed by atoms with E-state index in [1.165, 1.54) is 32.1 Å². The predicted molar refractivity (Wildman–Crippen MR) is 94.5 cm³/mol. The summed E-state index contributed by atoms with van der Waals surface area (Å²) in [5, 5.41) is 7.39. The van der Waals surface area contributed by atoms with Crippen molar-refractivity contribution in [1.29, 1.82) is 0 Å². The Morgan fingerprint density at radius 3 is 2.84 bits per heavy atom. The molecule has 1 saturated carbocycles. The number of aromatic nitrogens is 3. The third-order valence-electron chi connectivity index (χ3n) is 4.96. The Labute approximate surface area is 146 Å². The van der Waals surface area contributed by atoms with Gasteiger partial charge in [0.25, 0.3) is 0 Å². The third kappa shape index (κ3) is 3.81. The molecule has 2 fully saturated rings. The van der Waals surface area contributed by atoms with Gasteiger partial charge in [-0.2, -0.15) is 0 Å². The van der Waals surface area contributed by atoms with Crippen molar-refractivity contribution in [2.24, 2.45) is 0 Å². The van der Waals surface area contributed by atoms with Gasteiger partial charge in [-0.25, -0.2) is 15.0 Å². The maximum atomic E-state index is 11.3. The first kappa shape index (κ1) is 16.1. The van der Waals surface area contributed by atoms with Crippen LogP contribution in [-0.4, -0.2) is 39.5 Å². The number of hydrogen-bond acceptors (Lipinski definition) is 6. The zero-order valence-corrected chi connectivity index (χ0v) is 14.2. The Kier molecular flexibility index (Phi) is 4.63. The summed E-state index contributed by atoms with van der Waals surface area (Å²) in [6.07, 6.45) is 10.9. The highest BCUT2D eigenvalue weighted by molar-refractivity contribution is 5.89. The van der Waals surface area contributed by atoms with Crippen molar-refractivity contribution in [2.75, 3.05) is 11.9 Å². The van der Waals surface area contributed by atoms with Gasteiger partial charge in [-0.15, -0.1) is 0 Å². The number of hydrogen-bond donors (Lipinski definition) is 2. The van der Waals surface area contributed by atoms with Crippen molar-refractivity contribution in [3.8, 4) is 5.88 Å². The van der Waals surface area contributed by atoms with Gasteiger partial charge in [-0.3, -0.25) is 4.79 Å². The molecule has 4 rings (SSSR count). The van der Waals surface area contributed by atoms with E-state index < -0.39 is 0 Å². The lowest BCUT2D eigenvalue weighted by atomic mass is 9.95. The van der Waals surface area contributed by atoms with E-state index in [0.29, 0.717) is 24.9 Å². The summed E-state index contributed by atoms with van der Waals surface area (Å²) in [6.45, 7) is 0.434. The molecule has 0 bridgehead atoms. The topological polar surface area (TPSA) is 89.0 Å². The lowest BCUT2D eigenvalue weighted by Gasteiger charge is -2.23. The molecule has 1 saturated heterocycles. The fraction of sp³-hybridized carbons (Fsp3) is 0.556. The summed E-state index contributed by atoms with van der Waals surface area (Å²) in [7, 11) is 0. The summed E-state index contributed by atoms with van der Waals surface area (Å²) in [5.41, 5.74) is 0.801. The minimum Gasteiger partial charge on any atom is -0.475 e. The molecule has 1 aliphatic heterocycles. The maximum absolute atomic E-state index is 11.3. The van der Waals surface area contributed by atoms with Crippen LogP contribution in [0.2, 0.25) is 0 Å². The molecule has 1 unspecified atom stereocenters. The molecule has 1 aliphatic carbocycles. The lowest BCUT2D eigenvalue weighted by molar-refractivity contribution is -0.119. The van der Waals surface area contributed by atoms with Crippen molar-refractivity contribution in [3.63, 3.8) is 0 Å². The number of nitrogens with zero attached hydrogens (tertiary/aromatic N) is 3. The number of carbonyl (C=O) groups is 1. The molecule has 2 aromatic heterocycles. The second-order valence-electron chi connectivity index (χ2n) is 6.86. The number of rotatable bonds is 5. The van der Waals surface area contributed by atoms with E-state index in [4.69, 9.17) is 4.74 Å². The average molecular weight is 341 g/mol. The van der Waals surface area contributed by atoms with Gasteiger partial charge in [0.1, 0.15) is 18.8 Å². The van der Waals surface area contributed by atoms with Crippen molar-refractivity contribution in [3.05, 3.63) is 18.6 Å². The first-order chi connectivity index (χ1) is 12.3. The highest BCUT2D eigenvalue weighted by Crippen LogP contribution is 2.26. The molecule has 1 amide bonds. The molecule has 132 valence electrons. The summed E-state index contributed by atoms with van der Waals surface area (Å²) in [6, 6.07) is 2.42. The summed E-state index contributed by atoms with van der Waals surface area (Å²) < 4.78 is 5.78. The van der Waals surface area contributed by atoms with Gasteiger partial charge >= 0.3 is 0 Å². The number of anilines is 1. The van der Waals surface area contributed by atoms with Crippen molar-refractivity contribution >= 4 is 22.6 Å². The molecule has 2 N–H and O–H groups in total. The van der Waals surface area contributed by atoms with E-state index in [1.54, 1.807) is 12.5 Å². The fourth-order valence-corrected chi connectivity index (χ4v) is 3.56. The fourth-order valence-electron chi connectivity index (χ4n) is 3.56. The molecule has 2 aromatic rings. The minimum absolute atomic E-state index is 0.0665. The van der Waals surface area contributed by atoms with Crippen LogP contribution in [0.15, 0.2) is 18.6 Å². The largest absolute Gasteiger partial charge is 0.475 e. The van der Waals surface area contributed by atoms with Crippen molar-refractivity contribution < 1.29 is 9.53 Å². The Bertz CT molecular complexity index is 760. The van der Waals surface area contributed by atoms with Gasteiger partial charge in [-0.05, 0) is 19.3 Å². The van der Waals surface area contributed by atoms with Crippen LogP contribution in [0, 0.1) is 0 Å². The molecule has 25 heavy (non-hydrogen) atoms. The quantitative estimate of drug-likeness (QED) is 0.868. The molecule has 7 heteroatoms. The second-order valence-corrected chi connectivity index (χ2v) is 6.86. The number of carbonyl (C=O) groups excluding carboxylic acids is 1. The molecule has 7 nitrogen and oxygen atoms in total. The molecule has 0 aromatic carbocycles. The van der Waals surface area contributed by atoms with Gasteiger partial charge in [0, 0.05) is 23.9 Å². The lowest BCUT2D eigenvalue weighted by Crippen LogP contribution is -2.31. The van der Waals surface area contributed by atoms with Gasteiger partial charge in [0.2, 0.25) is 11.8 Å². The molecule has 0 spiro atoms. The summed E-state index contributed by atoms with van der Waals surface area (Å²) in [5.74, 6) is 1.47. The maximum Gasteiger partial charge on any atom is 0.220 e. The standard InChI is InChI=1S/C18H23N5O2/c24-16-7-6-13(22-16)10-25-17-8-14-15(9-19-17)20-11-21-18(14)23-12-4-2-1-3-5-12/h8-9,11-13H,1-7,10H2,(H,22,24)(H,20,21,23). The van der Waals surface area contributed by atoms with Crippen molar-refractivity contribution in [2.45, 2.75) is 57.0 Å².